The molecule has 0 unspecified atom stereocenters. The number of carbonyl (C=O) groups is 2. The van der Waals surface area contributed by atoms with Crippen molar-refractivity contribution in [3.8, 4) is 0 Å². The Labute approximate surface area is 169 Å². The molecule has 4 nitrogen and oxygen atoms in total. The van der Waals surface area contributed by atoms with E-state index in [1.54, 1.807) is 12.1 Å². The predicted octanol–water partition coefficient (Wildman–Crippen LogP) is 5.61. The number of unbranched alkanes of at least 4 members (excludes halogenated alkanes) is 6. The molecule has 0 atom stereocenters. The summed E-state index contributed by atoms with van der Waals surface area (Å²) in [5.74, 6) is 0.554. The lowest BCUT2D eigenvalue weighted by atomic mass is 9.90. The molecule has 0 N–H and O–H groups in total. The summed E-state index contributed by atoms with van der Waals surface area (Å²) < 4.78 is 5.85. The minimum absolute atomic E-state index is 0.131. The van der Waals surface area contributed by atoms with Gasteiger partial charge in [0, 0.05) is 19.8 Å². The molecule has 4 heteroatoms. The molecule has 0 aromatic heterocycles. The molecule has 1 aromatic carbocycles. The van der Waals surface area contributed by atoms with Crippen molar-refractivity contribution in [2.45, 2.75) is 77.0 Å². The number of rotatable bonds is 12. The largest absolute Gasteiger partial charge is 0.381 e. The number of nitrogens with zero attached hydrogens (tertiary/aromatic N) is 1. The van der Waals surface area contributed by atoms with Crippen molar-refractivity contribution in [2.75, 3.05) is 19.8 Å². The first-order valence-electron chi connectivity index (χ1n) is 11.3. The van der Waals surface area contributed by atoms with Gasteiger partial charge in [-0.3, -0.25) is 14.5 Å². The van der Waals surface area contributed by atoms with Crippen LogP contribution in [0.1, 0.15) is 97.8 Å². The smallest absolute Gasteiger partial charge is 0.261 e. The maximum Gasteiger partial charge on any atom is 0.261 e. The summed E-state index contributed by atoms with van der Waals surface area (Å²) in [5, 5.41) is 0. The molecule has 1 aromatic rings. The Kier molecular flexibility index (Phi) is 8.53. The van der Waals surface area contributed by atoms with Crippen molar-refractivity contribution in [3.05, 3.63) is 35.4 Å². The van der Waals surface area contributed by atoms with Crippen molar-refractivity contribution in [1.29, 1.82) is 0 Å². The highest BCUT2D eigenvalue weighted by atomic mass is 16.5. The van der Waals surface area contributed by atoms with Gasteiger partial charge in [0.05, 0.1) is 11.1 Å². The van der Waals surface area contributed by atoms with Crippen LogP contribution in [0.5, 0.6) is 0 Å². The highest BCUT2D eigenvalue weighted by Gasteiger charge is 2.34. The van der Waals surface area contributed by atoms with Gasteiger partial charge in [0.15, 0.2) is 0 Å². The molecule has 1 aliphatic carbocycles. The molecule has 2 amide bonds. The van der Waals surface area contributed by atoms with Crippen LogP contribution in [0.25, 0.3) is 0 Å². The Balaban J connectivity index is 1.16. The van der Waals surface area contributed by atoms with Crippen LogP contribution < -0.4 is 0 Å². The van der Waals surface area contributed by atoms with Crippen molar-refractivity contribution in [1.82, 2.24) is 4.90 Å². The van der Waals surface area contributed by atoms with E-state index in [9.17, 15) is 9.59 Å². The molecule has 1 fully saturated rings. The summed E-state index contributed by atoms with van der Waals surface area (Å²) in [6.07, 6.45) is 14.9. The molecule has 154 valence electrons. The molecule has 28 heavy (non-hydrogen) atoms. The molecule has 1 aliphatic heterocycles. The molecule has 2 aliphatic rings. The topological polar surface area (TPSA) is 46.6 Å². The van der Waals surface area contributed by atoms with Crippen LogP contribution >= 0.6 is 0 Å². The van der Waals surface area contributed by atoms with Crippen molar-refractivity contribution >= 4 is 11.8 Å². The van der Waals surface area contributed by atoms with E-state index < -0.39 is 0 Å². The number of amides is 2. The van der Waals surface area contributed by atoms with E-state index in [0.29, 0.717) is 17.7 Å². The van der Waals surface area contributed by atoms with Crippen LogP contribution in [-0.2, 0) is 4.74 Å². The number of benzene rings is 1. The second kappa shape index (κ2) is 11.4. The van der Waals surface area contributed by atoms with Crippen LogP contribution in [-0.4, -0.2) is 36.5 Å². The van der Waals surface area contributed by atoms with Crippen molar-refractivity contribution < 1.29 is 14.3 Å². The molecule has 0 radical (unpaired) electrons. The lowest BCUT2D eigenvalue weighted by Gasteiger charge is -2.21. The van der Waals surface area contributed by atoms with E-state index in [1.807, 2.05) is 12.1 Å². The average Bonchev–Trinajstić information content (AvgIpc) is 2.97. The van der Waals surface area contributed by atoms with E-state index in [-0.39, 0.29) is 11.8 Å². The lowest BCUT2D eigenvalue weighted by Crippen LogP contribution is -2.30. The SMILES string of the molecule is O=C1c2ccccc2C(=O)N1CCCCCCCCCOCC1CCCCC1. The second-order valence-corrected chi connectivity index (χ2v) is 8.36. The summed E-state index contributed by atoms with van der Waals surface area (Å²) in [6, 6.07) is 7.12. The van der Waals surface area contributed by atoms with Gasteiger partial charge in [-0.25, -0.2) is 0 Å². The monoisotopic (exact) mass is 385 g/mol. The van der Waals surface area contributed by atoms with Crippen molar-refractivity contribution in [2.24, 2.45) is 5.92 Å². The summed E-state index contributed by atoms with van der Waals surface area (Å²) in [4.78, 5) is 26.0. The van der Waals surface area contributed by atoms with Gasteiger partial charge in [-0.1, -0.05) is 63.5 Å². The van der Waals surface area contributed by atoms with Gasteiger partial charge >= 0.3 is 0 Å². The lowest BCUT2D eigenvalue weighted by molar-refractivity contribution is 0.0651. The maximum absolute atomic E-state index is 12.3. The molecule has 1 heterocycles. The first kappa shape index (κ1) is 21.0. The second-order valence-electron chi connectivity index (χ2n) is 8.36. The first-order valence-corrected chi connectivity index (χ1v) is 11.3. The number of ether oxygens (including phenoxy) is 1. The van der Waals surface area contributed by atoms with E-state index in [4.69, 9.17) is 4.74 Å². The fourth-order valence-electron chi connectivity index (χ4n) is 4.40. The summed E-state index contributed by atoms with van der Waals surface area (Å²) in [7, 11) is 0. The normalized spacial score (nSPS) is 17.4. The van der Waals surface area contributed by atoms with Crippen LogP contribution in [0, 0.1) is 5.92 Å². The van der Waals surface area contributed by atoms with Gasteiger partial charge in [0.2, 0.25) is 0 Å². The Hall–Kier alpha value is -1.68. The molecule has 0 bridgehead atoms. The molecule has 1 saturated carbocycles. The van der Waals surface area contributed by atoms with Gasteiger partial charge in [-0.2, -0.15) is 0 Å². The molecule has 0 saturated heterocycles. The van der Waals surface area contributed by atoms with Crippen LogP contribution in [0.4, 0.5) is 0 Å². The van der Waals surface area contributed by atoms with Gasteiger partial charge in [-0.15, -0.1) is 0 Å². The Bertz CT molecular complexity index is 601. The third-order valence-electron chi connectivity index (χ3n) is 6.13. The summed E-state index contributed by atoms with van der Waals surface area (Å²) >= 11 is 0. The molecule has 3 rings (SSSR count). The predicted molar refractivity (Wildman–Crippen MR) is 112 cm³/mol. The summed E-state index contributed by atoms with van der Waals surface area (Å²) in [5.41, 5.74) is 1.11. The quantitative estimate of drug-likeness (QED) is 0.347. The number of carbonyl (C=O) groups excluding carboxylic acids is 2. The molecular formula is C24H35NO3. The van der Waals surface area contributed by atoms with Crippen LogP contribution in [0.2, 0.25) is 0 Å². The third-order valence-corrected chi connectivity index (χ3v) is 6.13. The van der Waals surface area contributed by atoms with Gasteiger partial charge < -0.3 is 4.74 Å². The van der Waals surface area contributed by atoms with Crippen molar-refractivity contribution in [3.63, 3.8) is 0 Å². The number of hydrogen-bond acceptors (Lipinski definition) is 3. The maximum atomic E-state index is 12.3. The highest BCUT2D eigenvalue weighted by Crippen LogP contribution is 2.24. The number of imide groups is 1. The first-order chi connectivity index (χ1) is 13.8. The average molecular weight is 386 g/mol. The highest BCUT2D eigenvalue weighted by molar-refractivity contribution is 6.21. The van der Waals surface area contributed by atoms with E-state index in [0.717, 1.165) is 32.0 Å². The zero-order valence-electron chi connectivity index (χ0n) is 17.2. The van der Waals surface area contributed by atoms with E-state index >= 15 is 0 Å². The minimum atomic E-state index is -0.131. The van der Waals surface area contributed by atoms with E-state index in [1.165, 1.54) is 69.1 Å². The molecule has 0 spiro atoms. The Morgan fingerprint density at radius 2 is 1.36 bits per heavy atom. The van der Waals surface area contributed by atoms with E-state index in [2.05, 4.69) is 0 Å². The van der Waals surface area contributed by atoms with Gasteiger partial charge in [0.1, 0.15) is 0 Å². The van der Waals surface area contributed by atoms with Crippen LogP contribution in [0.15, 0.2) is 24.3 Å². The number of fused-ring (bicyclic) bond motifs is 1. The molecular weight excluding hydrogens is 350 g/mol. The fraction of sp³-hybridized carbons (Fsp3) is 0.667. The van der Waals surface area contributed by atoms with Crippen LogP contribution in [0.3, 0.4) is 0 Å². The third kappa shape index (κ3) is 5.91. The summed E-state index contributed by atoms with van der Waals surface area (Å²) in [6.45, 7) is 2.43. The Morgan fingerprint density at radius 1 is 0.786 bits per heavy atom. The minimum Gasteiger partial charge on any atom is -0.381 e. The fourth-order valence-corrected chi connectivity index (χ4v) is 4.40. The Morgan fingerprint density at radius 3 is 2.00 bits per heavy atom. The number of hydrogen-bond donors (Lipinski definition) is 0. The zero-order chi connectivity index (χ0) is 19.6. The zero-order valence-corrected chi connectivity index (χ0v) is 17.2. The van der Waals surface area contributed by atoms with Gasteiger partial charge in [0.25, 0.3) is 11.8 Å². The van der Waals surface area contributed by atoms with Gasteiger partial charge in [-0.05, 0) is 43.7 Å². The standard InChI is InChI=1S/C24H35NO3/c26-23-21-15-9-10-16-22(21)24(27)25(23)17-11-4-2-1-3-5-12-18-28-19-20-13-7-6-8-14-20/h9-10,15-16,20H,1-8,11-14,17-19H2.